The third kappa shape index (κ3) is 6.87. The average molecular weight is 617 g/mol. The number of carbonyl (C=O) groups is 1. The summed E-state index contributed by atoms with van der Waals surface area (Å²) in [6.07, 6.45) is 0.705. The van der Waals surface area contributed by atoms with Crippen LogP contribution in [0.1, 0.15) is 42.7 Å². The molecule has 44 heavy (non-hydrogen) atoms. The van der Waals surface area contributed by atoms with Crippen molar-refractivity contribution in [3.05, 3.63) is 65.1 Å². The van der Waals surface area contributed by atoms with Gasteiger partial charge in [0.2, 0.25) is 11.8 Å². The number of hydrogen-bond donors (Lipinski definition) is 2. The van der Waals surface area contributed by atoms with E-state index in [1.165, 1.54) is 23.9 Å². The number of halogens is 5. The zero-order valence-corrected chi connectivity index (χ0v) is 24.6. The molecule has 0 saturated carbocycles. The van der Waals surface area contributed by atoms with E-state index >= 15 is 0 Å². The van der Waals surface area contributed by atoms with E-state index in [2.05, 4.69) is 19.9 Å². The predicted molar refractivity (Wildman–Crippen MR) is 159 cm³/mol. The number of fused-ring (bicyclic) bond motifs is 4. The van der Waals surface area contributed by atoms with Gasteiger partial charge < -0.3 is 25.3 Å². The minimum atomic E-state index is -4.26. The normalized spacial score (nSPS) is 14.2. The molecule has 13 heteroatoms. The second-order valence-corrected chi connectivity index (χ2v) is 11.3. The molecule has 0 saturated heterocycles. The summed E-state index contributed by atoms with van der Waals surface area (Å²) >= 11 is 0. The van der Waals surface area contributed by atoms with Gasteiger partial charge in [-0.15, -0.1) is 0 Å². The Balaban J connectivity index is 0.000000712. The summed E-state index contributed by atoms with van der Waals surface area (Å²) in [4.78, 5) is 22.9. The number of nitrogen functional groups attached to an aromatic ring is 1. The van der Waals surface area contributed by atoms with E-state index in [1.54, 1.807) is 18.2 Å². The fraction of sp³-hybridized carbons (Fsp3) is 0.387. The number of benzene rings is 2. The van der Waals surface area contributed by atoms with Gasteiger partial charge in [0.15, 0.2) is 5.82 Å². The number of ether oxygens (including phenoxy) is 1. The molecule has 2 aromatic heterocycles. The van der Waals surface area contributed by atoms with E-state index in [-0.39, 0.29) is 12.3 Å². The van der Waals surface area contributed by atoms with Crippen LogP contribution in [-0.2, 0) is 30.5 Å². The number of aryl methyl sites for hydroxylation is 1. The van der Waals surface area contributed by atoms with Crippen LogP contribution < -0.4 is 20.7 Å². The molecule has 6 rings (SSSR count). The van der Waals surface area contributed by atoms with E-state index in [9.17, 15) is 26.7 Å². The molecule has 0 unspecified atom stereocenters. The van der Waals surface area contributed by atoms with Crippen molar-refractivity contribution in [1.29, 1.82) is 0 Å². The number of hydrogen-bond acceptors (Lipinski definition) is 6. The summed E-state index contributed by atoms with van der Waals surface area (Å²) in [7, 11) is 1.54. The Bertz CT molecular complexity index is 1690. The molecule has 0 fully saturated rings. The van der Waals surface area contributed by atoms with Gasteiger partial charge in [-0.2, -0.15) is 13.2 Å². The Kier molecular flexibility index (Phi) is 8.41. The molecule has 1 aliphatic carbocycles. The summed E-state index contributed by atoms with van der Waals surface area (Å²) in [5, 5.41) is 2.91. The Morgan fingerprint density at radius 1 is 1.05 bits per heavy atom. The quantitative estimate of drug-likeness (QED) is 0.248. The van der Waals surface area contributed by atoms with E-state index in [1.807, 2.05) is 18.2 Å². The molecule has 234 valence electrons. The summed E-state index contributed by atoms with van der Waals surface area (Å²) in [6.45, 7) is 1.04. The van der Waals surface area contributed by atoms with Gasteiger partial charge in [0, 0.05) is 29.7 Å². The first-order valence-electron chi connectivity index (χ1n) is 14.1. The first-order valence-corrected chi connectivity index (χ1v) is 14.1. The number of nitrogens with two attached hydrogens (primary N) is 1. The van der Waals surface area contributed by atoms with Gasteiger partial charge >= 0.3 is 6.18 Å². The molecule has 2 aromatic carbocycles. The zero-order chi connectivity index (χ0) is 31.8. The van der Waals surface area contributed by atoms with Crippen LogP contribution in [0.2, 0.25) is 0 Å². The van der Waals surface area contributed by atoms with E-state index in [0.717, 1.165) is 66.7 Å². The van der Waals surface area contributed by atoms with Gasteiger partial charge in [-0.3, -0.25) is 4.79 Å². The highest BCUT2D eigenvalue weighted by atomic mass is 19.4. The first-order chi connectivity index (χ1) is 20.7. The molecule has 0 atom stereocenters. The summed E-state index contributed by atoms with van der Waals surface area (Å²) < 4.78 is 68.3. The van der Waals surface area contributed by atoms with Gasteiger partial charge in [0.05, 0.1) is 24.7 Å². The molecule has 8 nitrogen and oxygen atoms in total. The maximum absolute atomic E-state index is 12.9. The van der Waals surface area contributed by atoms with Crippen LogP contribution in [-0.4, -0.2) is 52.7 Å². The smallest absolute Gasteiger partial charge is 0.405 e. The minimum absolute atomic E-state index is 0.0844. The fourth-order valence-corrected chi connectivity index (χ4v) is 5.80. The highest BCUT2D eigenvalue weighted by Gasteiger charge is 2.33. The summed E-state index contributed by atoms with van der Waals surface area (Å²) in [5.74, 6) is -1.86. The van der Waals surface area contributed by atoms with Gasteiger partial charge in [-0.1, -0.05) is 12.1 Å². The van der Waals surface area contributed by atoms with Gasteiger partial charge in [-0.25, -0.2) is 18.7 Å². The maximum Gasteiger partial charge on any atom is 0.405 e. The lowest BCUT2D eigenvalue weighted by atomic mass is 10.1. The number of methoxy groups -OCH3 is 1. The van der Waals surface area contributed by atoms with Crippen LogP contribution in [0.3, 0.4) is 0 Å². The van der Waals surface area contributed by atoms with Crippen LogP contribution in [0.5, 0.6) is 5.75 Å². The van der Waals surface area contributed by atoms with Crippen LogP contribution in [0.25, 0.3) is 16.7 Å². The topological polar surface area (TPSA) is 98.3 Å². The van der Waals surface area contributed by atoms with Crippen LogP contribution >= 0.6 is 0 Å². The highest BCUT2D eigenvalue weighted by molar-refractivity contribution is 5.95. The van der Waals surface area contributed by atoms with Crippen molar-refractivity contribution < 1.29 is 31.5 Å². The molecule has 0 bridgehead atoms. The van der Waals surface area contributed by atoms with Crippen molar-refractivity contribution in [2.75, 3.05) is 36.1 Å². The molecule has 2 aliphatic rings. The Morgan fingerprint density at radius 3 is 2.50 bits per heavy atom. The Hall–Kier alpha value is -4.42. The molecule has 3 heterocycles. The number of carbonyl (C=O) groups excluding carboxylic acids is 1. The van der Waals surface area contributed by atoms with Crippen molar-refractivity contribution in [2.24, 2.45) is 0 Å². The summed E-state index contributed by atoms with van der Waals surface area (Å²) in [5.41, 5.74) is 13.7. The number of rotatable bonds is 6. The average Bonchev–Trinajstić information content (AvgIpc) is 3.62. The third-order valence-electron chi connectivity index (χ3n) is 7.41. The van der Waals surface area contributed by atoms with E-state index in [0.29, 0.717) is 35.9 Å². The number of anilines is 3. The van der Waals surface area contributed by atoms with Gasteiger partial charge in [0.1, 0.15) is 24.1 Å². The molecule has 3 N–H and O–H groups in total. The van der Waals surface area contributed by atoms with Gasteiger partial charge in [-0.05, 0) is 74.4 Å². The Morgan fingerprint density at radius 2 is 1.80 bits per heavy atom. The standard InChI is InChI=1S/C28H27F3N6O2.C3H6F2/c1-39-23-13-18(37-22-4-2-3-19(22)25-26(37)27(32)34-15-33-25)6-7-20(23)35-24(38)12-16-5-8-21-17(11-16)9-10-36(21)14-28(29,30)31;1-3(2,4)5/h5-8,11,13,15H,2-4,9-10,12,14H2,1H3,(H,35,38)(H2,32,33,34);1-2H3. The predicted octanol–water partition coefficient (Wildman–Crippen LogP) is 6.27. The lowest BCUT2D eigenvalue weighted by Gasteiger charge is -2.21. The van der Waals surface area contributed by atoms with Crippen LogP contribution in [0, 0.1) is 0 Å². The van der Waals surface area contributed by atoms with E-state index in [4.69, 9.17) is 10.5 Å². The molecule has 1 amide bonds. The second-order valence-electron chi connectivity index (χ2n) is 11.3. The van der Waals surface area contributed by atoms with Crippen LogP contribution in [0.4, 0.5) is 39.1 Å². The molecule has 1 aliphatic heterocycles. The highest BCUT2D eigenvalue weighted by Crippen LogP contribution is 2.38. The number of nitrogens with zero attached hydrogens (tertiary/aromatic N) is 4. The number of alkyl halides is 5. The molecule has 0 radical (unpaired) electrons. The third-order valence-corrected chi connectivity index (χ3v) is 7.41. The minimum Gasteiger partial charge on any atom is -0.494 e. The second kappa shape index (κ2) is 11.9. The molecule has 4 aromatic rings. The lowest BCUT2D eigenvalue weighted by Crippen LogP contribution is -2.32. The molecular formula is C31H33F5N6O2. The Labute approximate surface area is 251 Å². The largest absolute Gasteiger partial charge is 0.494 e. The first kappa shape index (κ1) is 31.0. The van der Waals surface area contributed by atoms with Crippen molar-refractivity contribution in [3.63, 3.8) is 0 Å². The van der Waals surface area contributed by atoms with Crippen molar-refractivity contribution >= 4 is 34.1 Å². The zero-order valence-electron chi connectivity index (χ0n) is 24.6. The van der Waals surface area contributed by atoms with Crippen LogP contribution in [0.15, 0.2) is 42.7 Å². The maximum atomic E-state index is 12.9. The SMILES string of the molecule is CC(C)(F)F.COc1cc(-n2c3c(c4ncnc(N)c42)CCC3)ccc1NC(=O)Cc1ccc2c(c1)CCN2CC(F)(F)F. The monoisotopic (exact) mass is 616 g/mol. The van der Waals surface area contributed by atoms with E-state index < -0.39 is 18.6 Å². The molecular weight excluding hydrogens is 583 g/mol. The number of amides is 1. The van der Waals surface area contributed by atoms with Crippen molar-refractivity contribution in [2.45, 2.75) is 58.1 Å². The fourth-order valence-electron chi connectivity index (χ4n) is 5.80. The summed E-state index contributed by atoms with van der Waals surface area (Å²) in [6, 6.07) is 10.7. The molecule has 0 spiro atoms. The van der Waals surface area contributed by atoms with Crippen molar-refractivity contribution in [3.8, 4) is 11.4 Å². The number of aromatic nitrogens is 3. The van der Waals surface area contributed by atoms with Crippen molar-refractivity contribution in [1.82, 2.24) is 14.5 Å². The van der Waals surface area contributed by atoms with Gasteiger partial charge in [0.25, 0.3) is 0 Å². The number of nitrogens with one attached hydrogen (secondary N) is 1. The lowest BCUT2D eigenvalue weighted by molar-refractivity contribution is -0.119.